The SMILES string of the molecule is CCCOCCOc1cccc(Cl)c1CCN. The summed E-state index contributed by atoms with van der Waals surface area (Å²) in [5.74, 6) is 0.808. The summed E-state index contributed by atoms with van der Waals surface area (Å²) in [7, 11) is 0. The summed E-state index contributed by atoms with van der Waals surface area (Å²) in [6.45, 7) is 4.55. The maximum atomic E-state index is 6.10. The molecule has 1 aromatic carbocycles. The van der Waals surface area contributed by atoms with Crippen molar-refractivity contribution in [1.29, 1.82) is 0 Å². The van der Waals surface area contributed by atoms with Crippen molar-refractivity contribution in [3.8, 4) is 5.75 Å². The first kappa shape index (κ1) is 14.3. The number of hydrogen-bond donors (Lipinski definition) is 1. The number of halogens is 1. The minimum atomic E-state index is 0.540. The van der Waals surface area contributed by atoms with Crippen LogP contribution in [0.15, 0.2) is 18.2 Å². The van der Waals surface area contributed by atoms with Gasteiger partial charge < -0.3 is 15.2 Å². The zero-order valence-corrected chi connectivity index (χ0v) is 11.0. The van der Waals surface area contributed by atoms with E-state index in [0.717, 1.165) is 30.8 Å². The van der Waals surface area contributed by atoms with Crippen molar-refractivity contribution in [1.82, 2.24) is 0 Å². The van der Waals surface area contributed by atoms with Crippen LogP contribution in [0.4, 0.5) is 0 Å². The quantitative estimate of drug-likeness (QED) is 0.728. The van der Waals surface area contributed by atoms with Crippen LogP contribution >= 0.6 is 11.6 Å². The van der Waals surface area contributed by atoms with Gasteiger partial charge in [0.25, 0.3) is 0 Å². The highest BCUT2D eigenvalue weighted by Crippen LogP contribution is 2.26. The van der Waals surface area contributed by atoms with Crippen LogP contribution in [0, 0.1) is 0 Å². The second-order valence-corrected chi connectivity index (χ2v) is 4.12. The Morgan fingerprint density at radius 3 is 2.76 bits per heavy atom. The normalized spacial score (nSPS) is 10.5. The van der Waals surface area contributed by atoms with E-state index in [-0.39, 0.29) is 0 Å². The predicted molar refractivity (Wildman–Crippen MR) is 70.8 cm³/mol. The Labute approximate surface area is 108 Å². The molecule has 0 saturated heterocycles. The fourth-order valence-electron chi connectivity index (χ4n) is 1.52. The van der Waals surface area contributed by atoms with Crippen molar-refractivity contribution in [2.24, 2.45) is 5.73 Å². The monoisotopic (exact) mass is 257 g/mol. The van der Waals surface area contributed by atoms with E-state index < -0.39 is 0 Å². The zero-order valence-electron chi connectivity index (χ0n) is 10.2. The molecule has 0 fully saturated rings. The van der Waals surface area contributed by atoms with Crippen LogP contribution in [0.5, 0.6) is 5.75 Å². The molecule has 0 aliphatic rings. The first-order valence-corrected chi connectivity index (χ1v) is 6.35. The molecule has 2 N–H and O–H groups in total. The van der Waals surface area contributed by atoms with E-state index >= 15 is 0 Å². The van der Waals surface area contributed by atoms with E-state index in [2.05, 4.69) is 6.92 Å². The molecule has 0 spiro atoms. The molecule has 0 bridgehead atoms. The highest BCUT2D eigenvalue weighted by atomic mass is 35.5. The Bertz CT molecular complexity index is 331. The van der Waals surface area contributed by atoms with Gasteiger partial charge in [0, 0.05) is 17.2 Å². The molecule has 96 valence electrons. The van der Waals surface area contributed by atoms with Crippen molar-refractivity contribution in [2.75, 3.05) is 26.4 Å². The molecular weight excluding hydrogens is 238 g/mol. The highest BCUT2D eigenvalue weighted by Gasteiger charge is 2.07. The summed E-state index contributed by atoms with van der Waals surface area (Å²) in [6, 6.07) is 5.65. The molecule has 0 saturated carbocycles. The zero-order chi connectivity index (χ0) is 12.5. The number of ether oxygens (including phenoxy) is 2. The van der Waals surface area contributed by atoms with Gasteiger partial charge in [0.1, 0.15) is 12.4 Å². The van der Waals surface area contributed by atoms with E-state index in [1.165, 1.54) is 0 Å². The summed E-state index contributed by atoms with van der Waals surface area (Å²) >= 11 is 6.10. The second kappa shape index (κ2) is 8.34. The minimum Gasteiger partial charge on any atom is -0.491 e. The number of hydrogen-bond acceptors (Lipinski definition) is 3. The Morgan fingerprint density at radius 2 is 2.06 bits per heavy atom. The van der Waals surface area contributed by atoms with Crippen molar-refractivity contribution in [3.63, 3.8) is 0 Å². The van der Waals surface area contributed by atoms with Gasteiger partial charge in [0.15, 0.2) is 0 Å². The molecule has 0 heterocycles. The van der Waals surface area contributed by atoms with Gasteiger partial charge in [-0.3, -0.25) is 0 Å². The van der Waals surface area contributed by atoms with Gasteiger partial charge in [-0.1, -0.05) is 24.6 Å². The maximum absolute atomic E-state index is 6.10. The van der Waals surface area contributed by atoms with Gasteiger partial charge >= 0.3 is 0 Å². The molecule has 0 aromatic heterocycles. The first-order chi connectivity index (χ1) is 8.29. The lowest BCUT2D eigenvalue weighted by atomic mass is 10.1. The van der Waals surface area contributed by atoms with Crippen LogP contribution in [0.2, 0.25) is 5.02 Å². The molecule has 0 aliphatic carbocycles. The fourth-order valence-corrected chi connectivity index (χ4v) is 1.78. The molecular formula is C13H20ClNO2. The molecule has 4 heteroatoms. The van der Waals surface area contributed by atoms with Gasteiger partial charge in [0.2, 0.25) is 0 Å². The molecule has 0 unspecified atom stereocenters. The summed E-state index contributed by atoms with van der Waals surface area (Å²) in [4.78, 5) is 0. The van der Waals surface area contributed by atoms with Gasteiger partial charge in [-0.25, -0.2) is 0 Å². The van der Waals surface area contributed by atoms with Crippen LogP contribution in [0.1, 0.15) is 18.9 Å². The number of rotatable bonds is 8. The minimum absolute atomic E-state index is 0.540. The van der Waals surface area contributed by atoms with Crippen molar-refractivity contribution < 1.29 is 9.47 Å². The molecule has 3 nitrogen and oxygen atoms in total. The summed E-state index contributed by atoms with van der Waals surface area (Å²) < 4.78 is 11.0. The van der Waals surface area contributed by atoms with E-state index in [4.69, 9.17) is 26.8 Å². The van der Waals surface area contributed by atoms with E-state index in [1.54, 1.807) is 0 Å². The lowest BCUT2D eigenvalue weighted by molar-refractivity contribution is 0.100. The lowest BCUT2D eigenvalue weighted by Gasteiger charge is -2.12. The Kier molecular flexibility index (Phi) is 7.01. The molecule has 0 radical (unpaired) electrons. The van der Waals surface area contributed by atoms with Crippen LogP contribution in [0.3, 0.4) is 0 Å². The number of nitrogens with two attached hydrogens (primary N) is 1. The van der Waals surface area contributed by atoms with Crippen molar-refractivity contribution >= 4 is 11.6 Å². The van der Waals surface area contributed by atoms with Gasteiger partial charge in [-0.05, 0) is 31.5 Å². The molecule has 0 atom stereocenters. The van der Waals surface area contributed by atoms with Gasteiger partial charge in [-0.15, -0.1) is 0 Å². The van der Waals surface area contributed by atoms with Crippen molar-refractivity contribution in [3.05, 3.63) is 28.8 Å². The van der Waals surface area contributed by atoms with Gasteiger partial charge in [-0.2, -0.15) is 0 Å². The topological polar surface area (TPSA) is 44.5 Å². The maximum Gasteiger partial charge on any atom is 0.124 e. The average Bonchev–Trinajstić information content (AvgIpc) is 2.33. The van der Waals surface area contributed by atoms with E-state index in [1.807, 2.05) is 18.2 Å². The van der Waals surface area contributed by atoms with Crippen LogP contribution in [0.25, 0.3) is 0 Å². The summed E-state index contributed by atoms with van der Waals surface area (Å²) in [5.41, 5.74) is 6.53. The van der Waals surface area contributed by atoms with Crippen LogP contribution in [-0.2, 0) is 11.2 Å². The number of benzene rings is 1. The Balaban J connectivity index is 2.48. The van der Waals surface area contributed by atoms with E-state index in [0.29, 0.717) is 24.8 Å². The molecule has 1 rings (SSSR count). The fraction of sp³-hybridized carbons (Fsp3) is 0.538. The molecule has 17 heavy (non-hydrogen) atoms. The summed E-state index contributed by atoms with van der Waals surface area (Å²) in [5, 5.41) is 0.711. The third-order valence-electron chi connectivity index (χ3n) is 2.30. The smallest absolute Gasteiger partial charge is 0.124 e. The third kappa shape index (κ3) is 4.94. The Hall–Kier alpha value is -0.770. The van der Waals surface area contributed by atoms with Crippen LogP contribution < -0.4 is 10.5 Å². The van der Waals surface area contributed by atoms with Gasteiger partial charge in [0.05, 0.1) is 6.61 Å². The van der Waals surface area contributed by atoms with E-state index in [9.17, 15) is 0 Å². The molecule has 1 aromatic rings. The summed E-state index contributed by atoms with van der Waals surface area (Å²) in [6.07, 6.45) is 1.75. The van der Waals surface area contributed by atoms with Crippen LogP contribution in [-0.4, -0.2) is 26.4 Å². The molecule has 0 amide bonds. The van der Waals surface area contributed by atoms with Crippen molar-refractivity contribution in [2.45, 2.75) is 19.8 Å². The largest absolute Gasteiger partial charge is 0.491 e. The highest BCUT2D eigenvalue weighted by molar-refractivity contribution is 6.31. The second-order valence-electron chi connectivity index (χ2n) is 3.72. The third-order valence-corrected chi connectivity index (χ3v) is 2.66. The average molecular weight is 258 g/mol. The standard InChI is InChI=1S/C13H20ClNO2/c1-2-8-16-9-10-17-13-5-3-4-12(14)11(13)6-7-15/h3-5H,2,6-10,15H2,1H3. The Morgan fingerprint density at radius 1 is 1.24 bits per heavy atom. The predicted octanol–water partition coefficient (Wildman–Crippen LogP) is 2.65. The lowest BCUT2D eigenvalue weighted by Crippen LogP contribution is -2.10. The molecule has 0 aliphatic heterocycles. The first-order valence-electron chi connectivity index (χ1n) is 5.97.